The van der Waals surface area contributed by atoms with Gasteiger partial charge >= 0.3 is 5.97 Å². The van der Waals surface area contributed by atoms with Crippen LogP contribution >= 0.6 is 0 Å². The van der Waals surface area contributed by atoms with E-state index in [9.17, 15) is 4.79 Å². The fourth-order valence-electron chi connectivity index (χ4n) is 0. The van der Waals surface area contributed by atoms with Crippen molar-refractivity contribution in [3.8, 4) is 0 Å². The first kappa shape index (κ1) is 24.2. The lowest BCUT2D eigenvalue weighted by Gasteiger charge is -1.76. The fraction of sp³-hybridized carbons (Fsp3) is 0.500. The standard InChI is InChI=1S/C2H4O3.3C2H4O2/c1-2(3)5-4;3*1-2(3)4/h4H,1H3;3*1H3,(H,3,4). The highest BCUT2D eigenvalue weighted by atomic mass is 17.1. The van der Waals surface area contributed by atoms with Gasteiger partial charge in [0.15, 0.2) is 0 Å². The molecular formula is C8H16O9. The number of carbonyl (C=O) groups is 4. The monoisotopic (exact) mass is 256 g/mol. The second-order valence-electron chi connectivity index (χ2n) is 2.14. The molecule has 0 aliphatic carbocycles. The summed E-state index contributed by atoms with van der Waals surface area (Å²) in [5, 5.41) is 29.5. The van der Waals surface area contributed by atoms with Gasteiger partial charge in [-0.05, 0) is 0 Å². The number of hydrogen-bond donors (Lipinski definition) is 4. The number of rotatable bonds is 0. The summed E-state index contributed by atoms with van der Waals surface area (Å²) in [6.45, 7) is 4.36. The van der Waals surface area contributed by atoms with E-state index in [1.807, 2.05) is 0 Å². The molecule has 0 aromatic heterocycles. The molecule has 0 aromatic rings. The smallest absolute Gasteiger partial charge is 0.339 e. The first-order chi connectivity index (χ1) is 7.47. The molecule has 0 rings (SSSR count). The summed E-state index contributed by atoms with van der Waals surface area (Å²) in [6.07, 6.45) is 0. The lowest BCUT2D eigenvalue weighted by molar-refractivity contribution is -0.231. The molecule has 0 amide bonds. The van der Waals surface area contributed by atoms with Gasteiger partial charge in [-0.3, -0.25) is 14.4 Å². The molecule has 0 aromatic carbocycles. The molecule has 17 heavy (non-hydrogen) atoms. The van der Waals surface area contributed by atoms with Crippen LogP contribution in [0.25, 0.3) is 0 Å². The fourth-order valence-corrected chi connectivity index (χ4v) is 0. The van der Waals surface area contributed by atoms with Gasteiger partial charge in [0.05, 0.1) is 0 Å². The van der Waals surface area contributed by atoms with Crippen molar-refractivity contribution in [3.05, 3.63) is 0 Å². The summed E-state index contributed by atoms with van der Waals surface area (Å²) in [7, 11) is 0. The van der Waals surface area contributed by atoms with E-state index in [1.54, 1.807) is 0 Å². The number of carboxylic acid groups (broad SMARTS) is 3. The predicted molar refractivity (Wildman–Crippen MR) is 54.3 cm³/mol. The van der Waals surface area contributed by atoms with Crippen LogP contribution in [0.2, 0.25) is 0 Å². The van der Waals surface area contributed by atoms with Crippen molar-refractivity contribution in [2.45, 2.75) is 27.7 Å². The molecule has 0 aliphatic rings. The van der Waals surface area contributed by atoms with Gasteiger partial charge in [-0.25, -0.2) is 4.79 Å². The van der Waals surface area contributed by atoms with Crippen molar-refractivity contribution < 1.29 is 44.6 Å². The summed E-state index contributed by atoms with van der Waals surface area (Å²) < 4.78 is 0. The minimum Gasteiger partial charge on any atom is -0.481 e. The van der Waals surface area contributed by atoms with Crippen molar-refractivity contribution in [1.82, 2.24) is 0 Å². The van der Waals surface area contributed by atoms with Crippen LogP contribution in [0.15, 0.2) is 0 Å². The SMILES string of the molecule is CC(=O)O.CC(=O)O.CC(=O)O.CC(=O)OO. The van der Waals surface area contributed by atoms with Crippen LogP contribution in [-0.2, 0) is 24.1 Å². The molecule has 102 valence electrons. The van der Waals surface area contributed by atoms with Gasteiger partial charge in [-0.1, -0.05) is 0 Å². The molecule has 9 heteroatoms. The van der Waals surface area contributed by atoms with Crippen molar-refractivity contribution in [2.24, 2.45) is 0 Å². The normalized spacial score (nSPS) is 6.41. The quantitative estimate of drug-likeness (QED) is 0.353. The van der Waals surface area contributed by atoms with Crippen LogP contribution < -0.4 is 0 Å². The molecule has 0 aliphatic heterocycles. The van der Waals surface area contributed by atoms with E-state index in [0.29, 0.717) is 0 Å². The van der Waals surface area contributed by atoms with E-state index in [4.69, 9.17) is 35.0 Å². The zero-order chi connectivity index (χ0) is 15.0. The Morgan fingerprint density at radius 1 is 0.706 bits per heavy atom. The number of carboxylic acids is 3. The molecule has 4 N–H and O–H groups in total. The van der Waals surface area contributed by atoms with Gasteiger partial charge in [-0.2, -0.15) is 5.26 Å². The molecule has 0 saturated heterocycles. The van der Waals surface area contributed by atoms with Crippen LogP contribution in [0, 0.1) is 0 Å². The first-order valence-electron chi connectivity index (χ1n) is 3.87. The summed E-state index contributed by atoms with van der Waals surface area (Å²) in [5.41, 5.74) is 0. The van der Waals surface area contributed by atoms with E-state index >= 15 is 0 Å². The molecule has 0 unspecified atom stereocenters. The molecule has 0 radical (unpaired) electrons. The van der Waals surface area contributed by atoms with Crippen molar-refractivity contribution in [3.63, 3.8) is 0 Å². The summed E-state index contributed by atoms with van der Waals surface area (Å²) >= 11 is 0. The third-order valence-electron chi connectivity index (χ3n) is 0.129. The van der Waals surface area contributed by atoms with E-state index in [2.05, 4.69) is 4.89 Å². The van der Waals surface area contributed by atoms with Crippen LogP contribution in [0.5, 0.6) is 0 Å². The Labute approximate surface area is 97.2 Å². The van der Waals surface area contributed by atoms with E-state index in [1.165, 1.54) is 0 Å². The second kappa shape index (κ2) is 19.4. The Morgan fingerprint density at radius 2 is 0.765 bits per heavy atom. The largest absolute Gasteiger partial charge is 0.481 e. The predicted octanol–water partition coefficient (Wildman–Crippen LogP) is 0.295. The second-order valence-corrected chi connectivity index (χ2v) is 2.14. The highest BCUT2D eigenvalue weighted by molar-refractivity contribution is 5.65. The minimum absolute atomic E-state index is 0.690. The van der Waals surface area contributed by atoms with Crippen molar-refractivity contribution in [1.29, 1.82) is 0 Å². The van der Waals surface area contributed by atoms with E-state index < -0.39 is 23.9 Å². The van der Waals surface area contributed by atoms with Gasteiger partial charge in [0, 0.05) is 27.7 Å². The summed E-state index contributed by atoms with van der Waals surface area (Å²) in [5.74, 6) is -3.19. The maximum absolute atomic E-state index is 9.34. The zero-order valence-electron chi connectivity index (χ0n) is 9.83. The van der Waals surface area contributed by atoms with Gasteiger partial charge in [0.25, 0.3) is 17.9 Å². The van der Waals surface area contributed by atoms with E-state index in [-0.39, 0.29) is 0 Å². The van der Waals surface area contributed by atoms with Gasteiger partial charge in [-0.15, -0.1) is 0 Å². The third-order valence-corrected chi connectivity index (χ3v) is 0.129. The van der Waals surface area contributed by atoms with Gasteiger partial charge in [0.1, 0.15) is 0 Å². The number of aliphatic carboxylic acids is 3. The highest BCUT2D eigenvalue weighted by Gasteiger charge is 1.79. The lowest BCUT2D eigenvalue weighted by atomic mass is 10.9. The average molecular weight is 256 g/mol. The third kappa shape index (κ3) is 75800. The Hall–Kier alpha value is -2.16. The Balaban J connectivity index is -0.0000000667. The maximum atomic E-state index is 9.34. The molecule has 9 nitrogen and oxygen atoms in total. The molecule has 0 spiro atoms. The molecule has 0 bridgehead atoms. The van der Waals surface area contributed by atoms with E-state index in [0.717, 1.165) is 27.7 Å². The topological polar surface area (TPSA) is 158 Å². The average Bonchev–Trinajstić information content (AvgIpc) is 2.00. The van der Waals surface area contributed by atoms with Gasteiger partial charge in [0.2, 0.25) is 0 Å². The van der Waals surface area contributed by atoms with Crippen LogP contribution in [-0.4, -0.2) is 44.5 Å². The Morgan fingerprint density at radius 3 is 0.765 bits per heavy atom. The summed E-state index contributed by atoms with van der Waals surface area (Å²) in [4.78, 5) is 39.5. The van der Waals surface area contributed by atoms with Crippen molar-refractivity contribution in [2.75, 3.05) is 0 Å². The maximum Gasteiger partial charge on any atom is 0.339 e. The number of hydrogen-bond acceptors (Lipinski definition) is 6. The molecular weight excluding hydrogens is 240 g/mol. The Bertz CT molecular complexity index is 193. The van der Waals surface area contributed by atoms with Crippen LogP contribution in [0.4, 0.5) is 0 Å². The highest BCUT2D eigenvalue weighted by Crippen LogP contribution is 1.59. The van der Waals surface area contributed by atoms with Gasteiger partial charge < -0.3 is 20.2 Å². The lowest BCUT2D eigenvalue weighted by Crippen LogP contribution is -1.89. The molecule has 0 heterocycles. The number of carbonyl (C=O) groups excluding carboxylic acids is 1. The van der Waals surface area contributed by atoms with Crippen molar-refractivity contribution >= 4 is 23.9 Å². The van der Waals surface area contributed by atoms with Crippen LogP contribution in [0.3, 0.4) is 0 Å². The molecule has 0 fully saturated rings. The first-order valence-corrected chi connectivity index (χ1v) is 3.87. The minimum atomic E-state index is -0.833. The van der Waals surface area contributed by atoms with Crippen LogP contribution in [0.1, 0.15) is 27.7 Å². The summed E-state index contributed by atoms with van der Waals surface area (Å²) in [6, 6.07) is 0. The molecule has 0 atom stereocenters. The molecule has 0 saturated carbocycles. The Kier molecular flexibility index (Phi) is 27.6. The zero-order valence-corrected chi connectivity index (χ0v) is 9.83.